The first-order valence-electron chi connectivity index (χ1n) is 7.85. The maximum atomic E-state index is 10.9. The summed E-state index contributed by atoms with van der Waals surface area (Å²) in [4.78, 5) is 10.9. The van der Waals surface area contributed by atoms with E-state index < -0.39 is 0 Å². The zero-order valence-corrected chi connectivity index (χ0v) is 13.8. The second-order valence-electron chi connectivity index (χ2n) is 4.31. The van der Waals surface area contributed by atoms with Crippen molar-refractivity contribution in [3.63, 3.8) is 0 Å². The summed E-state index contributed by atoms with van der Waals surface area (Å²) in [6.07, 6.45) is 1.02. The molecule has 0 amide bonds. The van der Waals surface area contributed by atoms with Crippen molar-refractivity contribution in [2.75, 3.05) is 72.7 Å². The summed E-state index contributed by atoms with van der Waals surface area (Å²) in [6, 6.07) is 0. The molecule has 0 N–H and O–H groups in total. The molecule has 0 bridgehead atoms. The third-order valence-electron chi connectivity index (χ3n) is 2.36. The van der Waals surface area contributed by atoms with Gasteiger partial charge >= 0.3 is 5.97 Å². The molecule has 0 saturated heterocycles. The predicted octanol–water partition coefficient (Wildman–Crippen LogP) is 1.04. The molecule has 0 aliphatic carbocycles. The van der Waals surface area contributed by atoms with E-state index in [1.807, 2.05) is 0 Å². The van der Waals surface area contributed by atoms with E-state index in [0.29, 0.717) is 59.5 Å². The SMILES string of the molecule is CCCOCCOCCOCCOCCOCC(=O)OCC. The normalized spacial score (nSPS) is 10.8. The highest BCUT2D eigenvalue weighted by atomic mass is 16.6. The molecule has 7 heteroatoms. The van der Waals surface area contributed by atoms with Gasteiger partial charge in [0.25, 0.3) is 0 Å². The molecule has 0 aromatic rings. The summed E-state index contributed by atoms with van der Waals surface area (Å²) in [5, 5.41) is 0. The largest absolute Gasteiger partial charge is 0.464 e. The Morgan fingerprint density at radius 1 is 0.636 bits per heavy atom. The van der Waals surface area contributed by atoms with Gasteiger partial charge in [0.1, 0.15) is 6.61 Å². The number of ether oxygens (including phenoxy) is 6. The Bertz CT molecular complexity index is 236. The quantitative estimate of drug-likeness (QED) is 0.293. The monoisotopic (exact) mass is 322 g/mol. The molecular weight excluding hydrogens is 292 g/mol. The number of rotatable bonds is 17. The lowest BCUT2D eigenvalue weighted by molar-refractivity contribution is -0.149. The van der Waals surface area contributed by atoms with Crippen LogP contribution in [0.3, 0.4) is 0 Å². The topological polar surface area (TPSA) is 72.5 Å². The molecule has 0 spiro atoms. The van der Waals surface area contributed by atoms with Gasteiger partial charge in [-0.2, -0.15) is 0 Å². The molecular formula is C15H30O7. The highest BCUT2D eigenvalue weighted by Crippen LogP contribution is 1.85. The van der Waals surface area contributed by atoms with Crippen LogP contribution in [0.25, 0.3) is 0 Å². The Kier molecular flexibility index (Phi) is 17.7. The van der Waals surface area contributed by atoms with Gasteiger partial charge in [-0.3, -0.25) is 0 Å². The van der Waals surface area contributed by atoms with Crippen LogP contribution < -0.4 is 0 Å². The van der Waals surface area contributed by atoms with Crippen molar-refractivity contribution >= 4 is 5.97 Å². The summed E-state index contributed by atoms with van der Waals surface area (Å²) in [6.45, 7) is 9.04. The number of esters is 1. The van der Waals surface area contributed by atoms with Gasteiger partial charge in [0.05, 0.1) is 59.5 Å². The number of hydrogen-bond acceptors (Lipinski definition) is 7. The maximum Gasteiger partial charge on any atom is 0.332 e. The van der Waals surface area contributed by atoms with Crippen molar-refractivity contribution < 1.29 is 33.2 Å². The summed E-state index contributed by atoms with van der Waals surface area (Å²) in [5.41, 5.74) is 0. The standard InChI is InChI=1S/C15H30O7/c1-3-5-17-6-7-18-8-9-19-10-11-20-12-13-21-14-15(16)22-4-2/h3-14H2,1-2H3. The van der Waals surface area contributed by atoms with Crippen molar-refractivity contribution in [1.82, 2.24) is 0 Å². The Balaban J connectivity index is 3.01. The molecule has 0 radical (unpaired) electrons. The second kappa shape index (κ2) is 18.3. The lowest BCUT2D eigenvalue weighted by atomic mass is 10.5. The molecule has 0 aliphatic rings. The van der Waals surface area contributed by atoms with Gasteiger partial charge < -0.3 is 28.4 Å². The van der Waals surface area contributed by atoms with E-state index in [1.165, 1.54) is 0 Å². The molecule has 0 unspecified atom stereocenters. The Morgan fingerprint density at radius 3 is 1.45 bits per heavy atom. The Hall–Kier alpha value is -0.730. The van der Waals surface area contributed by atoms with E-state index >= 15 is 0 Å². The molecule has 0 aromatic heterocycles. The van der Waals surface area contributed by atoms with Crippen molar-refractivity contribution in [1.29, 1.82) is 0 Å². The predicted molar refractivity (Wildman–Crippen MR) is 81.0 cm³/mol. The summed E-state index contributed by atoms with van der Waals surface area (Å²) < 4.78 is 31.0. The second-order valence-corrected chi connectivity index (χ2v) is 4.31. The lowest BCUT2D eigenvalue weighted by Crippen LogP contribution is -2.16. The van der Waals surface area contributed by atoms with Crippen molar-refractivity contribution in [3.05, 3.63) is 0 Å². The van der Waals surface area contributed by atoms with Crippen LogP contribution in [-0.4, -0.2) is 78.6 Å². The van der Waals surface area contributed by atoms with Crippen LogP contribution in [0, 0.1) is 0 Å². The minimum absolute atomic E-state index is 0.0347. The fraction of sp³-hybridized carbons (Fsp3) is 0.933. The zero-order valence-electron chi connectivity index (χ0n) is 13.8. The van der Waals surface area contributed by atoms with Gasteiger partial charge in [-0.15, -0.1) is 0 Å². The van der Waals surface area contributed by atoms with Crippen LogP contribution >= 0.6 is 0 Å². The molecule has 0 fully saturated rings. The summed E-state index contributed by atoms with van der Waals surface area (Å²) in [7, 11) is 0. The van der Waals surface area contributed by atoms with Crippen molar-refractivity contribution in [2.45, 2.75) is 20.3 Å². The van der Waals surface area contributed by atoms with E-state index in [2.05, 4.69) is 6.92 Å². The highest BCUT2D eigenvalue weighted by Gasteiger charge is 2.00. The van der Waals surface area contributed by atoms with Gasteiger partial charge in [-0.25, -0.2) is 4.79 Å². The van der Waals surface area contributed by atoms with Crippen LogP contribution in [0.4, 0.5) is 0 Å². The van der Waals surface area contributed by atoms with Gasteiger partial charge in [0, 0.05) is 6.61 Å². The minimum atomic E-state index is -0.356. The smallest absolute Gasteiger partial charge is 0.332 e. The molecule has 0 aromatic carbocycles. The number of carbonyl (C=O) groups is 1. The van der Waals surface area contributed by atoms with E-state index in [0.717, 1.165) is 13.0 Å². The first-order valence-corrected chi connectivity index (χ1v) is 7.85. The maximum absolute atomic E-state index is 10.9. The van der Waals surface area contributed by atoms with E-state index in [9.17, 15) is 4.79 Å². The van der Waals surface area contributed by atoms with Crippen LogP contribution in [0.5, 0.6) is 0 Å². The summed E-state index contributed by atoms with van der Waals surface area (Å²) >= 11 is 0. The van der Waals surface area contributed by atoms with Crippen LogP contribution in [0.2, 0.25) is 0 Å². The molecule has 0 rings (SSSR count). The van der Waals surface area contributed by atoms with E-state index in [-0.39, 0.29) is 12.6 Å². The molecule has 0 aliphatic heterocycles. The van der Waals surface area contributed by atoms with Crippen LogP contribution in [0.15, 0.2) is 0 Å². The number of hydrogen-bond donors (Lipinski definition) is 0. The van der Waals surface area contributed by atoms with Gasteiger partial charge in [-0.1, -0.05) is 6.92 Å². The molecule has 132 valence electrons. The van der Waals surface area contributed by atoms with Crippen LogP contribution in [0.1, 0.15) is 20.3 Å². The minimum Gasteiger partial charge on any atom is -0.464 e. The van der Waals surface area contributed by atoms with Gasteiger partial charge in [0.15, 0.2) is 0 Å². The fourth-order valence-corrected chi connectivity index (χ4v) is 1.38. The average molecular weight is 322 g/mol. The fourth-order valence-electron chi connectivity index (χ4n) is 1.38. The first kappa shape index (κ1) is 21.3. The van der Waals surface area contributed by atoms with Crippen molar-refractivity contribution in [2.24, 2.45) is 0 Å². The molecule has 22 heavy (non-hydrogen) atoms. The average Bonchev–Trinajstić information content (AvgIpc) is 2.51. The lowest BCUT2D eigenvalue weighted by Gasteiger charge is -2.07. The van der Waals surface area contributed by atoms with Gasteiger partial charge in [0.2, 0.25) is 0 Å². The van der Waals surface area contributed by atoms with Crippen molar-refractivity contribution in [3.8, 4) is 0 Å². The molecule has 0 saturated carbocycles. The molecule has 0 atom stereocenters. The molecule has 0 heterocycles. The molecule has 7 nitrogen and oxygen atoms in total. The van der Waals surface area contributed by atoms with Gasteiger partial charge in [-0.05, 0) is 13.3 Å². The Morgan fingerprint density at radius 2 is 1.05 bits per heavy atom. The van der Waals surface area contributed by atoms with Crippen LogP contribution in [-0.2, 0) is 33.2 Å². The highest BCUT2D eigenvalue weighted by molar-refractivity contribution is 5.70. The van der Waals surface area contributed by atoms with E-state index in [4.69, 9.17) is 28.4 Å². The third kappa shape index (κ3) is 17.3. The Labute approximate surface area is 133 Å². The zero-order chi connectivity index (χ0) is 16.3. The summed E-state index contributed by atoms with van der Waals surface area (Å²) in [5.74, 6) is -0.356. The third-order valence-corrected chi connectivity index (χ3v) is 2.36. The first-order chi connectivity index (χ1) is 10.8. The number of carbonyl (C=O) groups excluding carboxylic acids is 1. The van der Waals surface area contributed by atoms with E-state index in [1.54, 1.807) is 6.92 Å².